The molecule has 0 bridgehead atoms. The van der Waals surface area contributed by atoms with Gasteiger partial charge in [0.15, 0.2) is 0 Å². The number of nitrogens with one attached hydrogen (secondary N) is 1. The van der Waals surface area contributed by atoms with Crippen molar-refractivity contribution in [1.82, 2.24) is 0 Å². The Balaban J connectivity index is 1.65. The highest BCUT2D eigenvalue weighted by molar-refractivity contribution is 6.34. The van der Waals surface area contributed by atoms with Crippen molar-refractivity contribution in [3.05, 3.63) is 99.0 Å². The molecular weight excluding hydrogens is 476 g/mol. The Labute approximate surface area is 198 Å². The molecule has 1 aliphatic rings. The SMILES string of the molecule is Cc1ccc(C2=NOC(c3cc(Cl)cc(Cl)c3)(C(F)(F)F)C2)cc1NC(=O)c1ccccc1. The summed E-state index contributed by atoms with van der Waals surface area (Å²) in [5.41, 5.74) is -0.837. The van der Waals surface area contributed by atoms with Crippen LogP contribution in [0.3, 0.4) is 0 Å². The number of hydrogen-bond donors (Lipinski definition) is 1. The Bertz CT molecular complexity index is 1230. The smallest absolute Gasteiger partial charge is 0.374 e. The number of aryl methyl sites for hydroxylation is 1. The van der Waals surface area contributed by atoms with Crippen molar-refractivity contribution in [2.24, 2.45) is 5.16 Å². The molecule has 33 heavy (non-hydrogen) atoms. The lowest BCUT2D eigenvalue weighted by atomic mass is 9.86. The number of carbonyl (C=O) groups excluding carboxylic acids is 1. The minimum Gasteiger partial charge on any atom is -0.374 e. The highest BCUT2D eigenvalue weighted by Crippen LogP contribution is 2.49. The van der Waals surface area contributed by atoms with Gasteiger partial charge >= 0.3 is 6.18 Å². The van der Waals surface area contributed by atoms with E-state index in [4.69, 9.17) is 28.0 Å². The third-order valence-corrected chi connectivity index (χ3v) is 5.81. The maximum absolute atomic E-state index is 14.2. The summed E-state index contributed by atoms with van der Waals surface area (Å²) < 4.78 is 42.6. The first-order chi connectivity index (χ1) is 15.6. The molecule has 0 aromatic heterocycles. The van der Waals surface area contributed by atoms with Gasteiger partial charge in [-0.05, 0) is 48.9 Å². The molecule has 0 saturated heterocycles. The van der Waals surface area contributed by atoms with Gasteiger partial charge < -0.3 is 10.2 Å². The molecule has 1 atom stereocenters. The molecule has 0 radical (unpaired) electrons. The van der Waals surface area contributed by atoms with E-state index in [1.54, 1.807) is 55.5 Å². The van der Waals surface area contributed by atoms with Gasteiger partial charge in [0, 0.05) is 38.8 Å². The predicted octanol–water partition coefficient (Wildman–Crippen LogP) is 7.14. The Kier molecular flexibility index (Phi) is 6.12. The maximum atomic E-state index is 14.2. The Morgan fingerprint density at radius 3 is 2.33 bits per heavy atom. The van der Waals surface area contributed by atoms with Crippen molar-refractivity contribution in [3.63, 3.8) is 0 Å². The molecule has 0 aliphatic carbocycles. The number of carbonyl (C=O) groups is 1. The summed E-state index contributed by atoms with van der Waals surface area (Å²) in [5, 5.41) is 6.67. The Hall–Kier alpha value is -3.03. The number of anilines is 1. The van der Waals surface area contributed by atoms with Crippen LogP contribution in [-0.4, -0.2) is 17.8 Å². The molecule has 1 heterocycles. The number of oxime groups is 1. The highest BCUT2D eigenvalue weighted by atomic mass is 35.5. The van der Waals surface area contributed by atoms with Crippen LogP contribution in [0.2, 0.25) is 10.0 Å². The van der Waals surface area contributed by atoms with Crippen LogP contribution < -0.4 is 5.32 Å². The first-order valence-electron chi connectivity index (χ1n) is 9.85. The van der Waals surface area contributed by atoms with E-state index in [9.17, 15) is 18.0 Å². The third kappa shape index (κ3) is 4.56. The van der Waals surface area contributed by atoms with E-state index in [1.165, 1.54) is 18.2 Å². The van der Waals surface area contributed by atoms with Crippen LogP contribution in [-0.2, 0) is 10.4 Å². The minimum absolute atomic E-state index is 0.0550. The fourth-order valence-electron chi connectivity index (χ4n) is 3.57. The molecule has 1 N–H and O–H groups in total. The molecule has 9 heteroatoms. The van der Waals surface area contributed by atoms with Crippen LogP contribution in [0, 0.1) is 6.92 Å². The van der Waals surface area contributed by atoms with Gasteiger partial charge in [-0.15, -0.1) is 0 Å². The monoisotopic (exact) mass is 492 g/mol. The number of benzene rings is 3. The van der Waals surface area contributed by atoms with E-state index in [2.05, 4.69) is 10.5 Å². The lowest BCUT2D eigenvalue weighted by Gasteiger charge is -2.29. The van der Waals surface area contributed by atoms with Gasteiger partial charge in [0.25, 0.3) is 11.5 Å². The van der Waals surface area contributed by atoms with Gasteiger partial charge in [-0.2, -0.15) is 13.2 Å². The zero-order valence-electron chi connectivity index (χ0n) is 17.2. The van der Waals surface area contributed by atoms with Crippen molar-refractivity contribution >= 4 is 40.5 Å². The van der Waals surface area contributed by atoms with Gasteiger partial charge in [0.05, 0.1) is 5.71 Å². The normalized spacial score (nSPS) is 17.9. The van der Waals surface area contributed by atoms with E-state index >= 15 is 0 Å². The fraction of sp³-hybridized carbons (Fsp3) is 0.167. The third-order valence-electron chi connectivity index (χ3n) is 5.37. The highest BCUT2D eigenvalue weighted by Gasteiger charge is 2.62. The summed E-state index contributed by atoms with van der Waals surface area (Å²) >= 11 is 11.9. The van der Waals surface area contributed by atoms with Gasteiger partial charge in [0.1, 0.15) is 0 Å². The maximum Gasteiger partial charge on any atom is 0.435 e. The first-order valence-corrected chi connectivity index (χ1v) is 10.6. The van der Waals surface area contributed by atoms with Crippen LogP contribution in [0.15, 0.2) is 71.9 Å². The van der Waals surface area contributed by atoms with Crippen molar-refractivity contribution in [1.29, 1.82) is 0 Å². The fourth-order valence-corrected chi connectivity index (χ4v) is 4.09. The first kappa shape index (κ1) is 23.1. The van der Waals surface area contributed by atoms with E-state index < -0.39 is 18.2 Å². The van der Waals surface area contributed by atoms with Crippen molar-refractivity contribution in [2.45, 2.75) is 25.1 Å². The van der Waals surface area contributed by atoms with Crippen molar-refractivity contribution < 1.29 is 22.8 Å². The molecule has 4 nitrogen and oxygen atoms in total. The Morgan fingerprint density at radius 1 is 1.03 bits per heavy atom. The zero-order valence-corrected chi connectivity index (χ0v) is 18.7. The van der Waals surface area contributed by atoms with E-state index in [-0.39, 0.29) is 27.2 Å². The van der Waals surface area contributed by atoms with Crippen LogP contribution in [0.4, 0.5) is 18.9 Å². The number of alkyl halides is 3. The lowest BCUT2D eigenvalue weighted by Crippen LogP contribution is -2.42. The molecule has 0 fully saturated rings. The van der Waals surface area contributed by atoms with E-state index in [0.717, 1.165) is 5.56 Å². The second kappa shape index (κ2) is 8.72. The average molecular weight is 493 g/mol. The summed E-state index contributed by atoms with van der Waals surface area (Å²) in [6, 6.07) is 17.2. The molecule has 0 saturated carbocycles. The van der Waals surface area contributed by atoms with Crippen LogP contribution in [0.5, 0.6) is 0 Å². The van der Waals surface area contributed by atoms with Crippen molar-refractivity contribution in [3.8, 4) is 0 Å². The van der Waals surface area contributed by atoms with Crippen LogP contribution in [0.25, 0.3) is 0 Å². The minimum atomic E-state index is -4.79. The number of amides is 1. The molecular formula is C24H17Cl2F3N2O2. The summed E-state index contributed by atoms with van der Waals surface area (Å²) in [5.74, 6) is -0.335. The molecule has 1 aliphatic heterocycles. The standard InChI is InChI=1S/C24H17Cl2F3N2O2/c1-14-7-8-16(9-20(14)30-22(32)15-5-3-2-4-6-15)21-13-23(33-31-21,24(27,28)29)17-10-18(25)12-19(26)11-17/h2-12H,13H2,1H3,(H,30,32). The molecule has 0 spiro atoms. The number of hydrogen-bond acceptors (Lipinski definition) is 3. The summed E-state index contributed by atoms with van der Waals surface area (Å²) in [6.45, 7) is 1.78. The molecule has 1 amide bonds. The van der Waals surface area contributed by atoms with Crippen molar-refractivity contribution in [2.75, 3.05) is 5.32 Å². The van der Waals surface area contributed by atoms with E-state index in [1.807, 2.05) is 0 Å². The van der Waals surface area contributed by atoms with Gasteiger partial charge in [-0.25, -0.2) is 0 Å². The zero-order chi connectivity index (χ0) is 23.8. The largest absolute Gasteiger partial charge is 0.435 e. The van der Waals surface area contributed by atoms with Gasteiger partial charge in [0.2, 0.25) is 0 Å². The molecule has 1 unspecified atom stereocenters. The van der Waals surface area contributed by atoms with Crippen LogP contribution in [0.1, 0.15) is 33.5 Å². The molecule has 170 valence electrons. The van der Waals surface area contributed by atoms with E-state index in [0.29, 0.717) is 16.8 Å². The predicted molar refractivity (Wildman–Crippen MR) is 122 cm³/mol. The number of nitrogens with zero attached hydrogens (tertiary/aromatic N) is 1. The summed E-state index contributed by atoms with van der Waals surface area (Å²) in [7, 11) is 0. The second-order valence-electron chi connectivity index (χ2n) is 7.64. The van der Waals surface area contributed by atoms with Crippen LogP contribution >= 0.6 is 23.2 Å². The second-order valence-corrected chi connectivity index (χ2v) is 8.51. The average Bonchev–Trinajstić information content (AvgIpc) is 3.22. The summed E-state index contributed by atoms with van der Waals surface area (Å²) in [6.07, 6.45) is -5.37. The molecule has 4 rings (SSSR count). The number of rotatable bonds is 4. The van der Waals surface area contributed by atoms with Gasteiger partial charge in [-0.1, -0.05) is 58.7 Å². The molecule has 3 aromatic rings. The number of halogens is 5. The summed E-state index contributed by atoms with van der Waals surface area (Å²) in [4.78, 5) is 17.6. The topological polar surface area (TPSA) is 50.7 Å². The van der Waals surface area contributed by atoms with Gasteiger partial charge in [-0.3, -0.25) is 4.79 Å². The Morgan fingerprint density at radius 2 is 1.70 bits per heavy atom. The molecule has 3 aromatic carbocycles. The quantitative estimate of drug-likeness (QED) is 0.420. The lowest BCUT2D eigenvalue weighted by molar-refractivity contribution is -0.275.